The van der Waals surface area contributed by atoms with E-state index in [9.17, 15) is 0 Å². The van der Waals surface area contributed by atoms with Crippen molar-refractivity contribution in [2.45, 2.75) is 12.8 Å². The fourth-order valence-electron chi connectivity index (χ4n) is 1.47. The van der Waals surface area contributed by atoms with Crippen LogP contribution in [0.4, 0.5) is 5.69 Å². The molecule has 0 aliphatic heterocycles. The van der Waals surface area contributed by atoms with E-state index < -0.39 is 0 Å². The summed E-state index contributed by atoms with van der Waals surface area (Å²) in [6.45, 7) is 0.903. The van der Waals surface area contributed by atoms with Crippen LogP contribution in [0.1, 0.15) is 12.8 Å². The van der Waals surface area contributed by atoms with Crippen LogP contribution in [0.15, 0.2) is 48.3 Å². The Morgan fingerprint density at radius 1 is 1.21 bits per heavy atom. The summed E-state index contributed by atoms with van der Waals surface area (Å²) < 4.78 is 0. The summed E-state index contributed by atoms with van der Waals surface area (Å²) in [4.78, 5) is 3.97. The number of hydrogen-bond acceptors (Lipinski definition) is 2. The molecule has 0 aromatic carbocycles. The molecule has 1 heterocycles. The normalized spacial score (nSPS) is 15.0. The van der Waals surface area contributed by atoms with Gasteiger partial charge in [-0.3, -0.25) is 4.98 Å². The lowest BCUT2D eigenvalue weighted by Crippen LogP contribution is -2.04. The quantitative estimate of drug-likeness (QED) is 0.785. The van der Waals surface area contributed by atoms with Crippen molar-refractivity contribution in [3.8, 4) is 0 Å². The number of aromatic nitrogens is 1. The molecule has 2 heteroatoms. The molecule has 0 unspecified atom stereocenters. The number of anilines is 1. The van der Waals surface area contributed by atoms with Gasteiger partial charge in [0.1, 0.15) is 0 Å². The van der Waals surface area contributed by atoms with Gasteiger partial charge in [0.05, 0.1) is 0 Å². The third-order valence-electron chi connectivity index (χ3n) is 2.25. The minimum atomic E-state index is 0.903. The minimum absolute atomic E-state index is 0.903. The molecule has 2 rings (SSSR count). The van der Waals surface area contributed by atoms with Gasteiger partial charge in [-0.15, -0.1) is 0 Å². The van der Waals surface area contributed by atoms with E-state index in [1.165, 1.54) is 18.4 Å². The van der Waals surface area contributed by atoms with E-state index >= 15 is 0 Å². The van der Waals surface area contributed by atoms with Gasteiger partial charge in [0.25, 0.3) is 0 Å². The second-order valence-electron chi connectivity index (χ2n) is 3.35. The maximum atomic E-state index is 3.97. The fourth-order valence-corrected chi connectivity index (χ4v) is 1.47. The summed E-state index contributed by atoms with van der Waals surface area (Å²) in [5.74, 6) is 0. The second kappa shape index (κ2) is 4.61. The molecule has 0 spiro atoms. The number of pyridine rings is 1. The topological polar surface area (TPSA) is 24.9 Å². The predicted molar refractivity (Wildman–Crippen MR) is 59.2 cm³/mol. The number of hydrogen-bond donors (Lipinski definition) is 1. The zero-order valence-corrected chi connectivity index (χ0v) is 8.11. The van der Waals surface area contributed by atoms with Gasteiger partial charge in [-0.2, -0.15) is 0 Å². The van der Waals surface area contributed by atoms with E-state index in [4.69, 9.17) is 0 Å². The van der Waals surface area contributed by atoms with Crippen LogP contribution in [-0.4, -0.2) is 11.5 Å². The van der Waals surface area contributed by atoms with Crippen LogP contribution in [0.3, 0.4) is 0 Å². The first-order chi connectivity index (χ1) is 6.95. The minimum Gasteiger partial charge on any atom is -0.381 e. The lowest BCUT2D eigenvalue weighted by molar-refractivity contribution is 1.00. The molecule has 14 heavy (non-hydrogen) atoms. The molecular weight excluding hydrogens is 172 g/mol. The molecule has 0 bridgehead atoms. The Morgan fingerprint density at radius 3 is 2.79 bits per heavy atom. The van der Waals surface area contributed by atoms with Gasteiger partial charge < -0.3 is 5.32 Å². The molecule has 0 saturated carbocycles. The first kappa shape index (κ1) is 9.00. The third-order valence-corrected chi connectivity index (χ3v) is 2.25. The average molecular weight is 186 g/mol. The Hall–Kier alpha value is -1.57. The van der Waals surface area contributed by atoms with Crippen LogP contribution >= 0.6 is 0 Å². The van der Waals surface area contributed by atoms with E-state index in [1.807, 2.05) is 12.1 Å². The van der Waals surface area contributed by atoms with Gasteiger partial charge in [-0.1, -0.05) is 18.2 Å². The summed E-state index contributed by atoms with van der Waals surface area (Å²) in [7, 11) is 0. The number of nitrogens with zero attached hydrogens (tertiary/aromatic N) is 1. The van der Waals surface area contributed by atoms with E-state index in [-0.39, 0.29) is 0 Å². The average Bonchev–Trinajstić information content (AvgIpc) is 2.29. The first-order valence-electron chi connectivity index (χ1n) is 4.94. The van der Waals surface area contributed by atoms with Gasteiger partial charge in [-0.05, 0) is 30.5 Å². The smallest absolute Gasteiger partial charge is 0.0397 e. The molecule has 0 radical (unpaired) electrons. The zero-order chi connectivity index (χ0) is 9.64. The largest absolute Gasteiger partial charge is 0.381 e. The number of allylic oxidation sites excluding steroid dienone is 2. The van der Waals surface area contributed by atoms with Gasteiger partial charge in [0.2, 0.25) is 0 Å². The molecule has 2 nitrogen and oxygen atoms in total. The lowest BCUT2D eigenvalue weighted by atomic mass is 10.1. The monoisotopic (exact) mass is 186 g/mol. The number of rotatable bonds is 3. The molecule has 1 aromatic heterocycles. The molecular formula is C12H14N2. The first-order valence-corrected chi connectivity index (χ1v) is 4.94. The van der Waals surface area contributed by atoms with E-state index in [0.717, 1.165) is 12.2 Å². The molecule has 1 aliphatic rings. The maximum Gasteiger partial charge on any atom is 0.0397 e. The van der Waals surface area contributed by atoms with Crippen molar-refractivity contribution in [3.05, 3.63) is 48.3 Å². The van der Waals surface area contributed by atoms with E-state index in [1.54, 1.807) is 12.4 Å². The molecule has 1 N–H and O–H groups in total. The Labute approximate surface area is 84.4 Å². The fraction of sp³-hybridized carbons (Fsp3) is 0.250. The summed E-state index contributed by atoms with van der Waals surface area (Å²) >= 11 is 0. The highest BCUT2D eigenvalue weighted by atomic mass is 14.9. The standard InChI is InChI=1S/C12H14N2/c1-2-4-11(5-3-1)10-14-12-6-8-13-9-7-12/h2,4-9H,1,3,10H2,(H,13,14). The Kier molecular flexibility index (Phi) is 2.96. The highest BCUT2D eigenvalue weighted by molar-refractivity contribution is 5.43. The van der Waals surface area contributed by atoms with Gasteiger partial charge in [0.15, 0.2) is 0 Å². The van der Waals surface area contributed by atoms with Crippen molar-refractivity contribution in [1.82, 2.24) is 4.98 Å². The summed E-state index contributed by atoms with van der Waals surface area (Å²) in [6.07, 6.45) is 12.7. The van der Waals surface area contributed by atoms with Crippen molar-refractivity contribution in [1.29, 1.82) is 0 Å². The van der Waals surface area contributed by atoms with Crippen LogP contribution in [0.5, 0.6) is 0 Å². The van der Waals surface area contributed by atoms with Crippen molar-refractivity contribution in [2.75, 3.05) is 11.9 Å². The van der Waals surface area contributed by atoms with Crippen molar-refractivity contribution >= 4 is 5.69 Å². The summed E-state index contributed by atoms with van der Waals surface area (Å²) in [5.41, 5.74) is 2.49. The van der Waals surface area contributed by atoms with E-state index in [0.29, 0.717) is 0 Å². The van der Waals surface area contributed by atoms with Crippen LogP contribution in [0.2, 0.25) is 0 Å². The van der Waals surface area contributed by atoms with Crippen molar-refractivity contribution in [2.24, 2.45) is 0 Å². The predicted octanol–water partition coefficient (Wildman–Crippen LogP) is 2.77. The highest BCUT2D eigenvalue weighted by Gasteiger charge is 1.96. The Bertz CT molecular complexity index is 339. The third kappa shape index (κ3) is 2.46. The molecule has 0 saturated heterocycles. The van der Waals surface area contributed by atoms with Gasteiger partial charge >= 0.3 is 0 Å². The Morgan fingerprint density at radius 2 is 2.07 bits per heavy atom. The van der Waals surface area contributed by atoms with E-state index in [2.05, 4.69) is 28.5 Å². The molecule has 1 aromatic rings. The van der Waals surface area contributed by atoms with Gasteiger partial charge in [0, 0.05) is 24.6 Å². The second-order valence-corrected chi connectivity index (χ2v) is 3.35. The maximum absolute atomic E-state index is 3.97. The van der Waals surface area contributed by atoms with Crippen molar-refractivity contribution in [3.63, 3.8) is 0 Å². The Balaban J connectivity index is 1.88. The molecule has 1 aliphatic carbocycles. The van der Waals surface area contributed by atoms with Crippen LogP contribution in [0.25, 0.3) is 0 Å². The molecule has 0 amide bonds. The molecule has 72 valence electrons. The highest BCUT2D eigenvalue weighted by Crippen LogP contribution is 2.11. The van der Waals surface area contributed by atoms with Crippen LogP contribution < -0.4 is 5.32 Å². The molecule has 0 fully saturated rings. The molecule has 0 atom stereocenters. The van der Waals surface area contributed by atoms with Crippen LogP contribution in [-0.2, 0) is 0 Å². The zero-order valence-electron chi connectivity index (χ0n) is 8.11. The SMILES string of the molecule is C1=CC(CNc2ccncc2)=CCC1. The number of nitrogens with one attached hydrogen (secondary N) is 1. The van der Waals surface area contributed by atoms with Gasteiger partial charge in [-0.25, -0.2) is 0 Å². The van der Waals surface area contributed by atoms with Crippen molar-refractivity contribution < 1.29 is 0 Å². The summed E-state index contributed by atoms with van der Waals surface area (Å²) in [6, 6.07) is 3.96. The summed E-state index contributed by atoms with van der Waals surface area (Å²) in [5, 5.41) is 3.35. The lowest BCUT2D eigenvalue weighted by Gasteiger charge is -2.09. The van der Waals surface area contributed by atoms with Crippen LogP contribution in [0, 0.1) is 0 Å².